The van der Waals surface area contributed by atoms with E-state index in [0.29, 0.717) is 24.0 Å². The topological polar surface area (TPSA) is 22.1 Å². The smallest absolute Gasteiger partial charge is 0.166 e. The Balaban J connectivity index is 1.44. The van der Waals surface area contributed by atoms with Gasteiger partial charge in [0.25, 0.3) is 0 Å². The predicted octanol–water partition coefficient (Wildman–Crippen LogP) is 7.49. The van der Waals surface area contributed by atoms with Crippen molar-refractivity contribution in [2.75, 3.05) is 6.61 Å². The minimum Gasteiger partial charge on any atom is -0.486 e. The summed E-state index contributed by atoms with van der Waals surface area (Å²) in [6.45, 7) is 5.63. The van der Waals surface area contributed by atoms with Crippen molar-refractivity contribution in [3.8, 4) is 28.0 Å². The number of rotatable bonds is 8. The summed E-state index contributed by atoms with van der Waals surface area (Å²) in [4.78, 5) is 4.15. The van der Waals surface area contributed by atoms with Gasteiger partial charge in [-0.25, -0.2) is 13.2 Å². The third kappa shape index (κ3) is 5.20. The highest BCUT2D eigenvalue weighted by Crippen LogP contribution is 2.28. The number of aryl methyl sites for hydroxylation is 3. The van der Waals surface area contributed by atoms with E-state index in [-0.39, 0.29) is 17.9 Å². The third-order valence-electron chi connectivity index (χ3n) is 5.64. The van der Waals surface area contributed by atoms with Crippen molar-refractivity contribution in [2.24, 2.45) is 0 Å². The second-order valence-corrected chi connectivity index (χ2v) is 8.03. The van der Waals surface area contributed by atoms with Crippen molar-refractivity contribution in [3.05, 3.63) is 120 Å². The molecule has 0 fully saturated rings. The Kier molecular flexibility index (Phi) is 7.12. The van der Waals surface area contributed by atoms with Crippen LogP contribution in [0.15, 0.2) is 85.6 Å². The van der Waals surface area contributed by atoms with E-state index in [1.807, 2.05) is 31.2 Å². The largest absolute Gasteiger partial charge is 0.486 e. The van der Waals surface area contributed by atoms with Gasteiger partial charge in [0, 0.05) is 23.0 Å². The highest BCUT2D eigenvalue weighted by Gasteiger charge is 2.15. The number of nitrogens with zero attached hydrogens (tertiary/aromatic N) is 1. The molecule has 172 valence electrons. The summed E-state index contributed by atoms with van der Waals surface area (Å²) in [5.41, 5.74) is 4.43. The lowest BCUT2D eigenvalue weighted by molar-refractivity contribution is 0.342. The molecule has 4 rings (SSSR count). The van der Waals surface area contributed by atoms with Crippen LogP contribution in [0.1, 0.15) is 16.8 Å². The molecule has 0 radical (unpaired) electrons. The first-order chi connectivity index (χ1) is 16.5. The lowest BCUT2D eigenvalue weighted by Crippen LogP contribution is -2.00. The fourth-order valence-electron chi connectivity index (χ4n) is 3.72. The molecule has 1 heterocycles. The molecule has 0 atom stereocenters. The van der Waals surface area contributed by atoms with E-state index in [4.69, 9.17) is 4.74 Å². The Morgan fingerprint density at radius 3 is 2.24 bits per heavy atom. The van der Waals surface area contributed by atoms with Crippen LogP contribution in [0.5, 0.6) is 5.75 Å². The Hall–Kier alpha value is -3.86. The minimum atomic E-state index is -0.860. The summed E-state index contributed by atoms with van der Waals surface area (Å²) >= 11 is 0. The summed E-state index contributed by atoms with van der Waals surface area (Å²) < 4.78 is 48.9. The fourth-order valence-corrected chi connectivity index (χ4v) is 3.72. The van der Waals surface area contributed by atoms with Gasteiger partial charge in [0.05, 0.1) is 0 Å². The van der Waals surface area contributed by atoms with Crippen LogP contribution in [0.3, 0.4) is 0 Å². The predicted molar refractivity (Wildman–Crippen MR) is 129 cm³/mol. The zero-order chi connectivity index (χ0) is 24.1. The molecule has 2 nitrogen and oxygen atoms in total. The molecule has 1 aromatic heterocycles. The number of hydrogen-bond donors (Lipinski definition) is 0. The van der Waals surface area contributed by atoms with Gasteiger partial charge >= 0.3 is 0 Å². The highest BCUT2D eigenvalue weighted by atomic mass is 19.2. The van der Waals surface area contributed by atoms with E-state index in [9.17, 15) is 13.2 Å². The van der Waals surface area contributed by atoms with E-state index in [1.165, 1.54) is 6.07 Å². The average molecular weight is 460 g/mol. The fraction of sp³-hybridized carbons (Fsp3) is 0.138. The molecular weight excluding hydrogens is 435 g/mol. The molecule has 0 spiro atoms. The van der Waals surface area contributed by atoms with Crippen molar-refractivity contribution < 1.29 is 17.9 Å². The maximum Gasteiger partial charge on any atom is 0.166 e. The van der Waals surface area contributed by atoms with Crippen LogP contribution in [0.4, 0.5) is 13.2 Å². The lowest BCUT2D eigenvalue weighted by Gasteiger charge is -2.10. The Bertz CT molecular complexity index is 1300. The van der Waals surface area contributed by atoms with Gasteiger partial charge < -0.3 is 4.74 Å². The summed E-state index contributed by atoms with van der Waals surface area (Å²) in [5.74, 6) is -1.95. The van der Waals surface area contributed by atoms with E-state index in [1.54, 1.807) is 48.7 Å². The van der Waals surface area contributed by atoms with Crippen molar-refractivity contribution in [2.45, 2.75) is 19.8 Å². The third-order valence-corrected chi connectivity index (χ3v) is 5.64. The van der Waals surface area contributed by atoms with Gasteiger partial charge in [0.1, 0.15) is 6.61 Å². The zero-order valence-electron chi connectivity index (χ0n) is 18.8. The van der Waals surface area contributed by atoms with Gasteiger partial charge in [-0.3, -0.25) is 4.98 Å². The molecule has 0 aliphatic rings. The number of aromatic nitrogens is 1. The molecule has 0 bridgehead atoms. The first-order valence-electron chi connectivity index (χ1n) is 11.0. The number of hydrogen-bond acceptors (Lipinski definition) is 2. The van der Waals surface area contributed by atoms with Gasteiger partial charge in [0.2, 0.25) is 0 Å². The van der Waals surface area contributed by atoms with Crippen molar-refractivity contribution in [3.63, 3.8) is 0 Å². The molecule has 5 heteroatoms. The van der Waals surface area contributed by atoms with Crippen LogP contribution < -0.4 is 4.74 Å². The number of ether oxygens (including phenoxy) is 1. The van der Waals surface area contributed by atoms with Crippen LogP contribution in [-0.4, -0.2) is 11.6 Å². The molecule has 0 N–H and O–H groups in total. The van der Waals surface area contributed by atoms with Crippen LogP contribution >= 0.6 is 0 Å². The van der Waals surface area contributed by atoms with Gasteiger partial charge in [0.15, 0.2) is 23.2 Å². The summed E-state index contributed by atoms with van der Waals surface area (Å²) in [6, 6.07) is 19.1. The maximum absolute atomic E-state index is 14.7. The maximum atomic E-state index is 14.7. The summed E-state index contributed by atoms with van der Waals surface area (Å²) in [5, 5.41) is 0. The van der Waals surface area contributed by atoms with Crippen LogP contribution in [0.2, 0.25) is 0 Å². The van der Waals surface area contributed by atoms with Gasteiger partial charge in [-0.15, -0.1) is 0 Å². The van der Waals surface area contributed by atoms with Gasteiger partial charge in [-0.1, -0.05) is 61.2 Å². The number of halogens is 3. The first kappa shape index (κ1) is 23.3. The second kappa shape index (κ2) is 10.4. The molecular formula is C29H24F3NO. The van der Waals surface area contributed by atoms with Gasteiger partial charge in [-0.05, 0) is 60.2 Å². The van der Waals surface area contributed by atoms with Crippen molar-refractivity contribution in [1.82, 2.24) is 4.98 Å². The van der Waals surface area contributed by atoms with E-state index in [0.717, 1.165) is 22.4 Å². The highest BCUT2D eigenvalue weighted by molar-refractivity contribution is 5.65. The lowest BCUT2D eigenvalue weighted by atomic mass is 9.98. The Labute approximate surface area is 197 Å². The summed E-state index contributed by atoms with van der Waals surface area (Å²) in [6.07, 6.45) is 4.01. The molecule has 3 aromatic carbocycles. The normalized spacial score (nSPS) is 10.8. The van der Waals surface area contributed by atoms with Crippen molar-refractivity contribution in [1.29, 1.82) is 0 Å². The standard InChI is InChI=1S/C29H24F3NO/c1-3-16-34-27-15-13-23(17-26(27)30)21-9-5-20(6-10-21)7-11-22-12-14-25(29(32)28(22)31)24-8-4-19(2)33-18-24/h3-6,8-10,12-15,17-18H,1,7,11,16H2,2H3. The number of benzene rings is 3. The molecule has 0 unspecified atom stereocenters. The molecule has 0 saturated heterocycles. The molecule has 0 saturated carbocycles. The summed E-state index contributed by atoms with van der Waals surface area (Å²) in [7, 11) is 0. The van der Waals surface area contributed by atoms with Crippen LogP contribution in [0, 0.1) is 24.4 Å². The quantitative estimate of drug-likeness (QED) is 0.255. The van der Waals surface area contributed by atoms with Crippen LogP contribution in [-0.2, 0) is 12.8 Å². The first-order valence-corrected chi connectivity index (χ1v) is 11.0. The number of pyridine rings is 1. The molecule has 0 aliphatic carbocycles. The molecule has 4 aromatic rings. The minimum absolute atomic E-state index is 0.180. The second-order valence-electron chi connectivity index (χ2n) is 8.03. The SMILES string of the molecule is C=CCOc1ccc(-c2ccc(CCc3ccc(-c4ccc(C)nc4)c(F)c3F)cc2)cc1F. The van der Waals surface area contributed by atoms with Crippen LogP contribution in [0.25, 0.3) is 22.3 Å². The molecule has 34 heavy (non-hydrogen) atoms. The molecule has 0 amide bonds. The molecule has 0 aliphatic heterocycles. The average Bonchev–Trinajstić information content (AvgIpc) is 2.85. The van der Waals surface area contributed by atoms with E-state index in [2.05, 4.69) is 11.6 Å². The zero-order valence-corrected chi connectivity index (χ0v) is 18.8. The van der Waals surface area contributed by atoms with Gasteiger partial charge in [-0.2, -0.15) is 0 Å². The van der Waals surface area contributed by atoms with E-state index >= 15 is 0 Å². The Morgan fingerprint density at radius 1 is 0.824 bits per heavy atom. The van der Waals surface area contributed by atoms with Crippen molar-refractivity contribution >= 4 is 0 Å². The monoisotopic (exact) mass is 459 g/mol. The van der Waals surface area contributed by atoms with E-state index < -0.39 is 17.5 Å². The Morgan fingerprint density at radius 2 is 1.56 bits per heavy atom.